The van der Waals surface area contributed by atoms with E-state index < -0.39 is 23.2 Å². The van der Waals surface area contributed by atoms with E-state index in [1.54, 1.807) is 20.8 Å². The summed E-state index contributed by atoms with van der Waals surface area (Å²) in [7, 11) is 0. The van der Waals surface area contributed by atoms with Crippen LogP contribution in [0.1, 0.15) is 81.2 Å². The topological polar surface area (TPSA) is 59.3 Å². The Bertz CT molecular complexity index is 828. The molecule has 1 aliphatic carbocycles. The summed E-state index contributed by atoms with van der Waals surface area (Å²) in [5, 5.41) is 6.83. The molecule has 1 amide bonds. The second-order valence-corrected chi connectivity index (χ2v) is 8.24. The van der Waals surface area contributed by atoms with Crippen molar-refractivity contribution in [2.24, 2.45) is 0 Å². The Hall–Kier alpha value is -2.12. The predicted octanol–water partition coefficient (Wildman–Crippen LogP) is 4.50. The number of nitrogens with zero attached hydrogens (tertiary/aromatic N) is 3. The lowest BCUT2D eigenvalue weighted by Crippen LogP contribution is -2.34. The molecule has 2 aromatic heterocycles. The van der Waals surface area contributed by atoms with Crippen molar-refractivity contribution in [2.45, 2.75) is 76.9 Å². The molecule has 5 nitrogen and oxygen atoms in total. The lowest BCUT2D eigenvalue weighted by molar-refractivity contribution is -0.142. The summed E-state index contributed by atoms with van der Waals surface area (Å²) in [6.45, 7) is 5.38. The lowest BCUT2D eigenvalue weighted by Gasteiger charge is -2.19. The van der Waals surface area contributed by atoms with Gasteiger partial charge in [-0.05, 0) is 18.9 Å². The fraction of sp³-hybridized carbons (Fsp3) is 0.632. The summed E-state index contributed by atoms with van der Waals surface area (Å²) in [6, 6.07) is 2.38. The third kappa shape index (κ3) is 4.42. The first kappa shape index (κ1) is 19.6. The van der Waals surface area contributed by atoms with Gasteiger partial charge in [0, 0.05) is 17.5 Å². The van der Waals surface area contributed by atoms with Crippen LogP contribution in [0.2, 0.25) is 0 Å². The van der Waals surface area contributed by atoms with Crippen LogP contribution in [0.25, 0.3) is 5.65 Å². The summed E-state index contributed by atoms with van der Waals surface area (Å²) in [6.07, 6.45) is 1.57. The maximum absolute atomic E-state index is 13.5. The monoisotopic (exact) mass is 382 g/mol. The Balaban J connectivity index is 1.97. The molecule has 1 saturated carbocycles. The molecule has 1 N–H and O–H groups in total. The van der Waals surface area contributed by atoms with Gasteiger partial charge in [-0.2, -0.15) is 18.3 Å². The molecule has 0 aromatic carbocycles. The number of hydrogen-bond acceptors (Lipinski definition) is 3. The molecule has 0 radical (unpaired) electrons. The first-order valence-electron chi connectivity index (χ1n) is 9.35. The van der Waals surface area contributed by atoms with E-state index >= 15 is 0 Å². The van der Waals surface area contributed by atoms with Gasteiger partial charge in [-0.15, -0.1) is 0 Å². The Morgan fingerprint density at radius 1 is 1.11 bits per heavy atom. The van der Waals surface area contributed by atoms with Crippen LogP contribution in [0.15, 0.2) is 12.1 Å². The smallest absolute Gasteiger partial charge is 0.348 e. The van der Waals surface area contributed by atoms with E-state index in [1.165, 1.54) is 6.07 Å². The van der Waals surface area contributed by atoms with Crippen molar-refractivity contribution in [2.75, 3.05) is 0 Å². The van der Waals surface area contributed by atoms with Crippen molar-refractivity contribution < 1.29 is 18.0 Å². The third-order valence-corrected chi connectivity index (χ3v) is 4.91. The average molecular weight is 382 g/mol. The van der Waals surface area contributed by atoms with Gasteiger partial charge in [0.1, 0.15) is 5.69 Å². The minimum absolute atomic E-state index is 0.0285. The SMILES string of the molecule is CC(C)(C)c1cc(C(F)(F)F)n2nc(C(=O)NC3CCCCCC3)cc2n1. The quantitative estimate of drug-likeness (QED) is 0.778. The van der Waals surface area contributed by atoms with Crippen LogP contribution >= 0.6 is 0 Å². The molecule has 0 bridgehead atoms. The normalized spacial score (nSPS) is 17.1. The number of halogens is 3. The zero-order valence-electron chi connectivity index (χ0n) is 15.9. The van der Waals surface area contributed by atoms with E-state index in [-0.39, 0.29) is 17.4 Å². The molecule has 2 aromatic rings. The van der Waals surface area contributed by atoms with Crippen molar-refractivity contribution in [1.82, 2.24) is 19.9 Å². The Morgan fingerprint density at radius 2 is 1.74 bits per heavy atom. The standard InChI is InChI=1S/C19H25F3N4O/c1-18(2,3)14-11-15(19(20,21)22)26-16(24-14)10-13(25-26)17(27)23-12-8-6-4-5-7-9-12/h10-12H,4-9H2,1-3H3,(H,23,27). The molecule has 148 valence electrons. The highest BCUT2D eigenvalue weighted by Gasteiger charge is 2.36. The van der Waals surface area contributed by atoms with E-state index in [0.29, 0.717) is 5.69 Å². The Kier molecular flexibility index (Phi) is 5.18. The highest BCUT2D eigenvalue weighted by molar-refractivity contribution is 5.93. The number of alkyl halides is 3. The molecule has 1 fully saturated rings. The van der Waals surface area contributed by atoms with Crippen molar-refractivity contribution in [3.8, 4) is 0 Å². The number of carbonyl (C=O) groups excluding carboxylic acids is 1. The average Bonchev–Trinajstić information content (AvgIpc) is 2.83. The van der Waals surface area contributed by atoms with Crippen LogP contribution in [0.5, 0.6) is 0 Å². The molecule has 1 aliphatic rings. The number of amides is 1. The molecule has 0 aliphatic heterocycles. The van der Waals surface area contributed by atoms with E-state index in [4.69, 9.17) is 0 Å². The van der Waals surface area contributed by atoms with E-state index in [1.807, 2.05) is 0 Å². The van der Waals surface area contributed by atoms with Gasteiger partial charge in [-0.3, -0.25) is 4.79 Å². The number of hydrogen-bond donors (Lipinski definition) is 1. The molecule has 8 heteroatoms. The highest BCUT2D eigenvalue weighted by atomic mass is 19.4. The van der Waals surface area contributed by atoms with Gasteiger partial charge in [0.2, 0.25) is 0 Å². The fourth-order valence-corrected chi connectivity index (χ4v) is 3.35. The molecule has 0 unspecified atom stereocenters. The molecule has 2 heterocycles. The molecular formula is C19H25F3N4O. The molecule has 0 atom stereocenters. The maximum atomic E-state index is 13.5. The summed E-state index contributed by atoms with van der Waals surface area (Å²) >= 11 is 0. The number of rotatable bonds is 2. The largest absolute Gasteiger partial charge is 0.433 e. The highest BCUT2D eigenvalue weighted by Crippen LogP contribution is 2.32. The molecule has 3 rings (SSSR count). The summed E-state index contributed by atoms with van der Waals surface area (Å²) < 4.78 is 41.3. The second-order valence-electron chi connectivity index (χ2n) is 8.24. The molecule has 0 spiro atoms. The van der Waals surface area contributed by atoms with Gasteiger partial charge in [-0.25, -0.2) is 9.50 Å². The van der Waals surface area contributed by atoms with Crippen molar-refractivity contribution in [3.05, 3.63) is 29.2 Å². The number of carbonyl (C=O) groups is 1. The second kappa shape index (κ2) is 7.13. The van der Waals surface area contributed by atoms with Crippen molar-refractivity contribution >= 4 is 11.6 Å². The van der Waals surface area contributed by atoms with Crippen LogP contribution in [0.3, 0.4) is 0 Å². The van der Waals surface area contributed by atoms with Crippen molar-refractivity contribution in [1.29, 1.82) is 0 Å². The van der Waals surface area contributed by atoms with E-state index in [0.717, 1.165) is 49.1 Å². The van der Waals surface area contributed by atoms with Gasteiger partial charge in [0.25, 0.3) is 5.91 Å². The minimum Gasteiger partial charge on any atom is -0.348 e. The van der Waals surface area contributed by atoms with E-state index in [2.05, 4.69) is 15.4 Å². The Labute approximate surface area is 156 Å². The zero-order chi connectivity index (χ0) is 19.8. The first-order chi connectivity index (χ1) is 12.6. The third-order valence-electron chi connectivity index (χ3n) is 4.91. The van der Waals surface area contributed by atoms with E-state index in [9.17, 15) is 18.0 Å². The zero-order valence-corrected chi connectivity index (χ0v) is 15.9. The Morgan fingerprint density at radius 3 is 2.30 bits per heavy atom. The first-order valence-corrected chi connectivity index (χ1v) is 9.35. The van der Waals surface area contributed by atoms with Crippen LogP contribution in [0, 0.1) is 0 Å². The van der Waals surface area contributed by atoms with Crippen LogP contribution in [0.4, 0.5) is 13.2 Å². The summed E-state index contributed by atoms with van der Waals surface area (Å²) in [4.78, 5) is 16.8. The van der Waals surface area contributed by atoms with Crippen molar-refractivity contribution in [3.63, 3.8) is 0 Å². The molecule has 27 heavy (non-hydrogen) atoms. The number of fused-ring (bicyclic) bond motifs is 1. The minimum atomic E-state index is -4.59. The molecular weight excluding hydrogens is 357 g/mol. The fourth-order valence-electron chi connectivity index (χ4n) is 3.35. The molecule has 0 saturated heterocycles. The summed E-state index contributed by atoms with van der Waals surface area (Å²) in [5.41, 5.74) is -1.19. The van der Waals surface area contributed by atoms with Crippen LogP contribution < -0.4 is 5.32 Å². The maximum Gasteiger partial charge on any atom is 0.433 e. The summed E-state index contributed by atoms with van der Waals surface area (Å²) in [5.74, 6) is -0.446. The number of nitrogens with one attached hydrogen (secondary N) is 1. The van der Waals surface area contributed by atoms with Gasteiger partial charge < -0.3 is 5.32 Å². The van der Waals surface area contributed by atoms with Gasteiger partial charge >= 0.3 is 6.18 Å². The van der Waals surface area contributed by atoms with Gasteiger partial charge in [0.05, 0.1) is 5.69 Å². The number of aromatic nitrogens is 3. The predicted molar refractivity (Wildman–Crippen MR) is 95.6 cm³/mol. The van der Waals surface area contributed by atoms with Crippen LogP contribution in [-0.2, 0) is 11.6 Å². The van der Waals surface area contributed by atoms with Gasteiger partial charge in [-0.1, -0.05) is 46.5 Å². The van der Waals surface area contributed by atoms with Gasteiger partial charge in [0.15, 0.2) is 11.3 Å². The lowest BCUT2D eigenvalue weighted by atomic mass is 9.91. The van der Waals surface area contributed by atoms with Crippen LogP contribution in [-0.4, -0.2) is 26.5 Å².